The minimum absolute atomic E-state index is 0.0782. The van der Waals surface area contributed by atoms with Crippen molar-refractivity contribution >= 4 is 34.9 Å². The van der Waals surface area contributed by atoms with Gasteiger partial charge in [0.1, 0.15) is 11.4 Å². The highest BCUT2D eigenvalue weighted by molar-refractivity contribution is 7.09. The molecule has 9 heteroatoms. The van der Waals surface area contributed by atoms with Gasteiger partial charge in [0.05, 0.1) is 5.69 Å². The second kappa shape index (κ2) is 11.5. The van der Waals surface area contributed by atoms with Crippen molar-refractivity contribution in [2.24, 2.45) is 0 Å². The topological polar surface area (TPSA) is 117 Å². The Kier molecular flexibility index (Phi) is 8.16. The normalized spacial score (nSPS) is 16.8. The summed E-state index contributed by atoms with van der Waals surface area (Å²) >= 11 is 0.915. The summed E-state index contributed by atoms with van der Waals surface area (Å²) in [7, 11) is 0. The fraction of sp³-hybridized carbons (Fsp3) is 0.520. The number of carbonyl (C=O) groups is 3. The molecule has 0 aliphatic heterocycles. The molecule has 0 saturated heterocycles. The van der Waals surface area contributed by atoms with Crippen LogP contribution < -0.4 is 16.4 Å². The zero-order valence-corrected chi connectivity index (χ0v) is 20.2. The third kappa shape index (κ3) is 6.14. The number of nitrogens with zero attached hydrogens (tertiary/aromatic N) is 2. The molecule has 1 aromatic carbocycles. The summed E-state index contributed by atoms with van der Waals surface area (Å²) in [5, 5.41) is 6.05. The Morgan fingerprint density at radius 3 is 2.24 bits per heavy atom. The maximum Gasteiger partial charge on any atom is 0.273 e. The van der Waals surface area contributed by atoms with Gasteiger partial charge in [0, 0.05) is 18.6 Å². The highest BCUT2D eigenvalue weighted by atomic mass is 32.1. The molecule has 0 spiro atoms. The first-order valence-corrected chi connectivity index (χ1v) is 13.0. The van der Waals surface area contributed by atoms with Crippen molar-refractivity contribution in [2.45, 2.75) is 76.4 Å². The third-order valence-corrected chi connectivity index (χ3v) is 7.49. The number of rotatable bonds is 8. The lowest BCUT2D eigenvalue weighted by Crippen LogP contribution is -2.43. The Morgan fingerprint density at radius 1 is 0.941 bits per heavy atom. The van der Waals surface area contributed by atoms with Gasteiger partial charge in [-0.15, -0.1) is 0 Å². The predicted octanol–water partition coefficient (Wildman–Crippen LogP) is 3.49. The smallest absolute Gasteiger partial charge is 0.273 e. The maximum absolute atomic E-state index is 13.5. The molecule has 1 heterocycles. The Labute approximate surface area is 204 Å². The summed E-state index contributed by atoms with van der Waals surface area (Å²) in [4.78, 5) is 40.7. The van der Waals surface area contributed by atoms with Crippen molar-refractivity contribution in [2.75, 3.05) is 12.3 Å². The number of aromatic nitrogens is 1. The largest absolute Gasteiger partial charge is 0.395 e. The van der Waals surface area contributed by atoms with Gasteiger partial charge in [-0.3, -0.25) is 14.4 Å². The van der Waals surface area contributed by atoms with Gasteiger partial charge in [-0.2, -0.15) is 4.37 Å². The first-order chi connectivity index (χ1) is 16.5. The Balaban J connectivity index is 1.48. The fourth-order valence-corrected chi connectivity index (χ4v) is 5.55. The molecule has 0 bridgehead atoms. The Morgan fingerprint density at radius 2 is 1.56 bits per heavy atom. The van der Waals surface area contributed by atoms with Gasteiger partial charge in [0.15, 0.2) is 5.69 Å². The van der Waals surface area contributed by atoms with E-state index in [1.54, 1.807) is 0 Å². The maximum atomic E-state index is 13.5. The average Bonchev–Trinajstić information content (AvgIpc) is 3.49. The molecule has 1 aromatic heterocycles. The lowest BCUT2D eigenvalue weighted by Gasteiger charge is -2.23. The number of hydrogen-bond donors (Lipinski definition) is 3. The monoisotopic (exact) mass is 483 g/mol. The van der Waals surface area contributed by atoms with Crippen LogP contribution in [0.2, 0.25) is 0 Å². The third-order valence-electron chi connectivity index (χ3n) is 6.64. The number of carbonyl (C=O) groups excluding carboxylic acids is 3. The van der Waals surface area contributed by atoms with Crippen LogP contribution in [0.3, 0.4) is 0 Å². The number of hydrogen-bond acceptors (Lipinski definition) is 6. The van der Waals surface area contributed by atoms with Gasteiger partial charge in [-0.05, 0) is 42.8 Å². The van der Waals surface area contributed by atoms with Crippen molar-refractivity contribution in [1.29, 1.82) is 0 Å². The molecular formula is C25H33N5O3S. The van der Waals surface area contributed by atoms with Gasteiger partial charge in [0.25, 0.3) is 11.8 Å². The summed E-state index contributed by atoms with van der Waals surface area (Å²) < 4.78 is 4.21. The molecule has 0 atom stereocenters. The van der Waals surface area contributed by atoms with Crippen molar-refractivity contribution < 1.29 is 14.4 Å². The molecule has 34 heavy (non-hydrogen) atoms. The molecule has 182 valence electrons. The standard InChI is InChI=1S/C25H33N5O3S/c26-21-22(24(32)28-19-11-5-2-6-12-19)29-34-23(21)25(33)30(15-17-9-3-1-4-10-17)16-20(31)27-18-13-7-8-14-18/h1,3-4,9-10,18-19H,2,5-8,11-16,26H2,(H,27,31)(H,28,32). The van der Waals surface area contributed by atoms with E-state index in [0.717, 1.165) is 68.5 Å². The minimum atomic E-state index is -0.392. The molecule has 2 aromatic rings. The minimum Gasteiger partial charge on any atom is -0.395 e. The predicted molar refractivity (Wildman–Crippen MR) is 132 cm³/mol. The van der Waals surface area contributed by atoms with E-state index < -0.39 is 5.91 Å². The molecular weight excluding hydrogens is 450 g/mol. The molecule has 4 rings (SSSR count). The molecule has 2 aliphatic carbocycles. The molecule has 2 aliphatic rings. The van der Waals surface area contributed by atoms with E-state index in [2.05, 4.69) is 15.0 Å². The highest BCUT2D eigenvalue weighted by Crippen LogP contribution is 2.25. The molecule has 3 amide bonds. The van der Waals surface area contributed by atoms with E-state index >= 15 is 0 Å². The first kappa shape index (κ1) is 24.2. The van der Waals surface area contributed by atoms with E-state index in [9.17, 15) is 14.4 Å². The SMILES string of the molecule is Nc1c(C(=O)NC2CCCCC2)nsc1C(=O)N(CC(=O)NC1CCCC1)Cc1ccccc1. The van der Waals surface area contributed by atoms with E-state index in [-0.39, 0.29) is 53.2 Å². The van der Waals surface area contributed by atoms with Crippen molar-refractivity contribution in [3.05, 3.63) is 46.5 Å². The summed E-state index contributed by atoms with van der Waals surface area (Å²) in [6, 6.07) is 9.81. The quantitative estimate of drug-likeness (QED) is 0.531. The molecule has 2 saturated carbocycles. The number of nitrogens with two attached hydrogens (primary N) is 1. The Bertz CT molecular complexity index is 997. The summed E-state index contributed by atoms with van der Waals surface area (Å²) in [5.74, 6) is -0.917. The van der Waals surface area contributed by atoms with Crippen LogP contribution in [0.25, 0.3) is 0 Å². The first-order valence-electron chi connectivity index (χ1n) is 12.2. The van der Waals surface area contributed by atoms with Gasteiger partial charge < -0.3 is 21.3 Å². The van der Waals surface area contributed by atoms with Crippen LogP contribution >= 0.6 is 11.5 Å². The Hall–Kier alpha value is -2.94. The van der Waals surface area contributed by atoms with E-state index in [1.807, 2.05) is 30.3 Å². The van der Waals surface area contributed by atoms with Gasteiger partial charge >= 0.3 is 0 Å². The van der Waals surface area contributed by atoms with Crippen LogP contribution in [-0.4, -0.2) is 45.6 Å². The van der Waals surface area contributed by atoms with Crippen LogP contribution in [-0.2, 0) is 11.3 Å². The van der Waals surface area contributed by atoms with E-state index in [0.29, 0.717) is 0 Å². The van der Waals surface area contributed by atoms with Crippen molar-refractivity contribution in [3.63, 3.8) is 0 Å². The number of anilines is 1. The zero-order valence-electron chi connectivity index (χ0n) is 19.4. The molecule has 4 N–H and O–H groups in total. The lowest BCUT2D eigenvalue weighted by molar-refractivity contribution is -0.122. The van der Waals surface area contributed by atoms with Gasteiger partial charge in [-0.1, -0.05) is 62.4 Å². The fourth-order valence-electron chi connectivity index (χ4n) is 4.78. The van der Waals surface area contributed by atoms with Crippen molar-refractivity contribution in [1.82, 2.24) is 19.9 Å². The van der Waals surface area contributed by atoms with Gasteiger partial charge in [-0.25, -0.2) is 0 Å². The summed E-state index contributed by atoms with van der Waals surface area (Å²) in [5.41, 5.74) is 7.32. The second-order valence-corrected chi connectivity index (χ2v) is 10.1. The molecule has 0 radical (unpaired) electrons. The molecule has 2 fully saturated rings. The highest BCUT2D eigenvalue weighted by Gasteiger charge is 2.29. The van der Waals surface area contributed by atoms with Crippen molar-refractivity contribution in [3.8, 4) is 0 Å². The van der Waals surface area contributed by atoms with E-state index in [4.69, 9.17) is 5.73 Å². The van der Waals surface area contributed by atoms with Gasteiger partial charge in [0.2, 0.25) is 5.91 Å². The van der Waals surface area contributed by atoms with Crippen LogP contribution in [0.1, 0.15) is 83.5 Å². The van der Waals surface area contributed by atoms with Crippen LogP contribution in [0.4, 0.5) is 5.69 Å². The number of nitrogen functional groups attached to an aromatic ring is 1. The number of amides is 3. The van der Waals surface area contributed by atoms with Crippen LogP contribution in [0, 0.1) is 0 Å². The van der Waals surface area contributed by atoms with E-state index in [1.165, 1.54) is 11.3 Å². The molecule has 8 nitrogen and oxygen atoms in total. The molecule has 0 unspecified atom stereocenters. The average molecular weight is 484 g/mol. The summed E-state index contributed by atoms with van der Waals surface area (Å²) in [6.07, 6.45) is 9.44. The lowest BCUT2D eigenvalue weighted by atomic mass is 9.95. The second-order valence-electron chi connectivity index (χ2n) is 9.28. The zero-order chi connectivity index (χ0) is 23.9. The summed E-state index contributed by atoms with van der Waals surface area (Å²) in [6.45, 7) is 0.184. The van der Waals surface area contributed by atoms with Crippen LogP contribution in [0.15, 0.2) is 30.3 Å². The number of nitrogens with one attached hydrogen (secondary N) is 2. The van der Waals surface area contributed by atoms with Crippen LogP contribution in [0.5, 0.6) is 0 Å². The number of benzene rings is 1.